The standard InChI is InChI=1S/C28H28F5N5O2/c1-17-3-8-22(40-23-11-14-35-25(16-23)38-26(39)19-9-12-34-13-10-19)15-24(17)37-18(2)36-21-6-4-20(5-7-21)27(29,30)28(31,32)33/h3-8,11,14-16,19,34H,9-10,12-13H2,1-2H3,(H,36,37)(H,35,38,39). The Labute approximate surface area is 227 Å². The molecule has 0 bridgehead atoms. The maximum Gasteiger partial charge on any atom is 0.458 e. The summed E-state index contributed by atoms with van der Waals surface area (Å²) in [4.78, 5) is 21.2. The maximum atomic E-state index is 13.5. The second-order valence-electron chi connectivity index (χ2n) is 9.41. The fourth-order valence-corrected chi connectivity index (χ4v) is 4.11. The molecule has 0 unspecified atom stereocenters. The van der Waals surface area contributed by atoms with Crippen molar-refractivity contribution in [3.05, 3.63) is 71.9 Å². The van der Waals surface area contributed by atoms with Gasteiger partial charge in [0.05, 0.1) is 5.69 Å². The van der Waals surface area contributed by atoms with Gasteiger partial charge < -0.3 is 20.7 Å². The van der Waals surface area contributed by atoms with Crippen LogP contribution in [-0.4, -0.2) is 36.0 Å². The Morgan fingerprint density at radius 3 is 2.33 bits per heavy atom. The molecule has 0 aliphatic carbocycles. The van der Waals surface area contributed by atoms with E-state index in [4.69, 9.17) is 4.74 Å². The highest BCUT2D eigenvalue weighted by Crippen LogP contribution is 2.44. The Bertz CT molecular complexity index is 1370. The van der Waals surface area contributed by atoms with Crippen molar-refractivity contribution in [1.82, 2.24) is 10.3 Å². The number of carbonyl (C=O) groups is 1. The number of aromatic nitrogens is 1. The lowest BCUT2D eigenvalue weighted by atomic mass is 9.97. The number of carbonyl (C=O) groups excluding carboxylic acids is 1. The molecular weight excluding hydrogens is 533 g/mol. The van der Waals surface area contributed by atoms with Gasteiger partial charge in [0.15, 0.2) is 0 Å². The van der Waals surface area contributed by atoms with Crippen LogP contribution in [0.15, 0.2) is 65.8 Å². The molecule has 2 aromatic carbocycles. The number of amides is 1. The number of amidine groups is 1. The Morgan fingerprint density at radius 2 is 1.65 bits per heavy atom. The summed E-state index contributed by atoms with van der Waals surface area (Å²) >= 11 is 0. The van der Waals surface area contributed by atoms with E-state index in [-0.39, 0.29) is 11.8 Å². The smallest absolute Gasteiger partial charge is 0.457 e. The SMILES string of the molecule is C/C(=N\c1cc(Oc2ccnc(NC(=O)C3CCNCC3)c2)ccc1C)Nc1ccc(C(F)(F)C(F)(F)F)cc1. The van der Waals surface area contributed by atoms with Crippen LogP contribution < -0.4 is 20.7 Å². The number of nitrogens with one attached hydrogen (secondary N) is 3. The number of rotatable bonds is 7. The van der Waals surface area contributed by atoms with Crippen molar-refractivity contribution in [3.8, 4) is 11.5 Å². The predicted octanol–water partition coefficient (Wildman–Crippen LogP) is 6.94. The van der Waals surface area contributed by atoms with Crippen LogP contribution >= 0.6 is 0 Å². The van der Waals surface area contributed by atoms with Gasteiger partial charge in [-0.25, -0.2) is 9.98 Å². The Balaban J connectivity index is 1.43. The molecule has 0 spiro atoms. The van der Waals surface area contributed by atoms with Crippen LogP contribution in [0, 0.1) is 12.8 Å². The molecule has 1 saturated heterocycles. The summed E-state index contributed by atoms with van der Waals surface area (Å²) in [6.45, 7) is 5.07. The third-order valence-electron chi connectivity index (χ3n) is 6.33. The minimum Gasteiger partial charge on any atom is -0.457 e. The van der Waals surface area contributed by atoms with E-state index in [1.807, 2.05) is 6.92 Å². The topological polar surface area (TPSA) is 87.6 Å². The highest BCUT2D eigenvalue weighted by atomic mass is 19.4. The molecule has 40 heavy (non-hydrogen) atoms. The predicted molar refractivity (Wildman–Crippen MR) is 142 cm³/mol. The molecule has 1 aliphatic heterocycles. The minimum absolute atomic E-state index is 0.0687. The van der Waals surface area contributed by atoms with Crippen LogP contribution in [0.5, 0.6) is 11.5 Å². The number of nitrogens with zero attached hydrogens (tertiary/aromatic N) is 2. The number of pyridine rings is 1. The van der Waals surface area contributed by atoms with Gasteiger partial charge in [-0.05, 0) is 69.6 Å². The summed E-state index contributed by atoms with van der Waals surface area (Å²) in [6, 6.07) is 12.2. The van der Waals surface area contributed by atoms with Crippen LogP contribution in [0.2, 0.25) is 0 Å². The van der Waals surface area contributed by atoms with E-state index in [1.54, 1.807) is 37.3 Å². The Hall–Kier alpha value is -4.06. The number of aliphatic imine (C=N–C) groups is 1. The highest BCUT2D eigenvalue weighted by Gasteiger charge is 2.58. The van der Waals surface area contributed by atoms with Gasteiger partial charge in [-0.1, -0.05) is 18.2 Å². The first-order valence-electron chi connectivity index (χ1n) is 12.6. The molecule has 4 rings (SSSR count). The number of benzene rings is 2. The second-order valence-corrected chi connectivity index (χ2v) is 9.41. The van der Waals surface area contributed by atoms with Gasteiger partial charge in [-0.2, -0.15) is 22.0 Å². The zero-order valence-corrected chi connectivity index (χ0v) is 21.8. The van der Waals surface area contributed by atoms with Crippen LogP contribution in [0.3, 0.4) is 0 Å². The molecule has 3 aromatic rings. The molecule has 0 atom stereocenters. The van der Waals surface area contributed by atoms with Gasteiger partial charge in [0.25, 0.3) is 0 Å². The van der Waals surface area contributed by atoms with Gasteiger partial charge >= 0.3 is 12.1 Å². The summed E-state index contributed by atoms with van der Waals surface area (Å²) < 4.78 is 70.8. The minimum atomic E-state index is -5.68. The van der Waals surface area contributed by atoms with E-state index in [0.717, 1.165) is 55.8 Å². The molecular formula is C28H28F5N5O2. The fourth-order valence-electron chi connectivity index (χ4n) is 4.11. The zero-order chi connectivity index (χ0) is 28.9. The van der Waals surface area contributed by atoms with Crippen molar-refractivity contribution in [2.45, 2.75) is 38.8 Å². The van der Waals surface area contributed by atoms with Crippen molar-refractivity contribution >= 4 is 28.9 Å². The fraction of sp³-hybridized carbons (Fsp3) is 0.321. The number of ether oxygens (including phenoxy) is 1. The van der Waals surface area contributed by atoms with Crippen LogP contribution in [0.4, 0.5) is 39.1 Å². The molecule has 12 heteroatoms. The number of hydrogen-bond acceptors (Lipinski definition) is 5. The van der Waals surface area contributed by atoms with Crippen molar-refractivity contribution in [2.24, 2.45) is 10.9 Å². The number of piperidine rings is 1. The molecule has 1 amide bonds. The van der Waals surface area contributed by atoms with Crippen LogP contribution in [0.25, 0.3) is 0 Å². The molecule has 1 aliphatic rings. The van der Waals surface area contributed by atoms with Crippen molar-refractivity contribution in [3.63, 3.8) is 0 Å². The van der Waals surface area contributed by atoms with E-state index in [9.17, 15) is 26.7 Å². The first kappa shape index (κ1) is 28.9. The van der Waals surface area contributed by atoms with Crippen molar-refractivity contribution in [1.29, 1.82) is 0 Å². The van der Waals surface area contributed by atoms with Crippen LogP contribution in [0.1, 0.15) is 30.9 Å². The van der Waals surface area contributed by atoms with Gasteiger partial charge in [-0.3, -0.25) is 4.79 Å². The number of halogens is 5. The van der Waals surface area contributed by atoms with Crippen molar-refractivity contribution < 1.29 is 31.5 Å². The number of aryl methyl sites for hydroxylation is 1. The molecule has 2 heterocycles. The lowest BCUT2D eigenvalue weighted by Crippen LogP contribution is -2.34. The van der Waals surface area contributed by atoms with Crippen LogP contribution in [-0.2, 0) is 10.7 Å². The summed E-state index contributed by atoms with van der Waals surface area (Å²) in [6.07, 6.45) is -2.61. The van der Waals surface area contributed by atoms with E-state index in [2.05, 4.69) is 25.9 Å². The molecule has 0 radical (unpaired) electrons. The molecule has 7 nitrogen and oxygen atoms in total. The van der Waals surface area contributed by atoms with E-state index in [1.165, 1.54) is 6.20 Å². The van der Waals surface area contributed by atoms with E-state index >= 15 is 0 Å². The Kier molecular flexibility index (Phi) is 8.67. The van der Waals surface area contributed by atoms with Gasteiger partial charge in [0, 0.05) is 35.5 Å². The van der Waals surface area contributed by atoms with Crippen molar-refractivity contribution in [2.75, 3.05) is 23.7 Å². The lowest BCUT2D eigenvalue weighted by Gasteiger charge is -2.21. The molecule has 212 valence electrons. The lowest BCUT2D eigenvalue weighted by molar-refractivity contribution is -0.289. The largest absolute Gasteiger partial charge is 0.458 e. The monoisotopic (exact) mass is 561 g/mol. The molecule has 3 N–H and O–H groups in total. The molecule has 1 aromatic heterocycles. The average molecular weight is 562 g/mol. The van der Waals surface area contributed by atoms with E-state index < -0.39 is 17.7 Å². The van der Waals surface area contributed by atoms with Gasteiger partial charge in [0.1, 0.15) is 23.2 Å². The highest BCUT2D eigenvalue weighted by molar-refractivity contribution is 5.95. The first-order chi connectivity index (χ1) is 18.9. The normalized spacial score (nSPS) is 15.0. The van der Waals surface area contributed by atoms with E-state index in [0.29, 0.717) is 34.5 Å². The number of hydrogen-bond donors (Lipinski definition) is 3. The maximum absolute atomic E-state index is 13.5. The third-order valence-corrected chi connectivity index (χ3v) is 6.33. The summed E-state index contributed by atoms with van der Waals surface area (Å²) in [7, 11) is 0. The molecule has 0 saturated carbocycles. The van der Waals surface area contributed by atoms with Gasteiger partial charge in [0.2, 0.25) is 5.91 Å². The second kappa shape index (κ2) is 12.0. The first-order valence-corrected chi connectivity index (χ1v) is 12.6. The Morgan fingerprint density at radius 1 is 0.975 bits per heavy atom. The summed E-state index contributed by atoms with van der Waals surface area (Å²) in [5.74, 6) is -3.41. The third kappa shape index (κ3) is 7.12. The number of anilines is 2. The van der Waals surface area contributed by atoms with Gasteiger partial charge in [-0.15, -0.1) is 0 Å². The summed E-state index contributed by atoms with van der Waals surface area (Å²) in [5, 5.41) is 8.95. The summed E-state index contributed by atoms with van der Waals surface area (Å²) in [5.41, 5.74) is 0.518. The number of alkyl halides is 5. The zero-order valence-electron chi connectivity index (χ0n) is 21.8. The quantitative estimate of drug-likeness (QED) is 0.165. The molecule has 1 fully saturated rings. The average Bonchev–Trinajstić information content (AvgIpc) is 2.91.